The molecule has 366 valence electrons. The van der Waals surface area contributed by atoms with Crippen LogP contribution in [-0.2, 0) is 22.6 Å². The first-order valence-electron chi connectivity index (χ1n) is 24.9. The number of halogens is 2. The minimum Gasteiger partial charge on any atom is -0.376 e. The van der Waals surface area contributed by atoms with E-state index in [-0.39, 0.29) is 46.2 Å². The molecule has 0 bridgehead atoms. The van der Waals surface area contributed by atoms with Gasteiger partial charge in [0.15, 0.2) is 11.6 Å². The molecule has 16 nitrogen and oxygen atoms in total. The summed E-state index contributed by atoms with van der Waals surface area (Å²) in [5, 5.41) is 17.8. The lowest BCUT2D eigenvalue weighted by molar-refractivity contribution is -0.0593. The Kier molecular flexibility index (Phi) is 9.64. The third-order valence-corrected chi connectivity index (χ3v) is 16.7. The maximum atomic E-state index is 16.4. The van der Waals surface area contributed by atoms with Crippen LogP contribution in [0.5, 0.6) is 0 Å². The molecule has 6 aromatic heterocycles. The van der Waals surface area contributed by atoms with E-state index in [9.17, 15) is 4.79 Å². The predicted octanol–water partition coefficient (Wildman–Crippen LogP) is 7.62. The second-order valence-corrected chi connectivity index (χ2v) is 21.5. The molecule has 1 spiro atoms. The highest BCUT2D eigenvalue weighted by atomic mass is 19.1. The molecule has 13 rings (SSSR count). The van der Waals surface area contributed by atoms with Gasteiger partial charge in [0, 0.05) is 61.5 Å². The first-order valence-corrected chi connectivity index (χ1v) is 24.9. The zero-order chi connectivity index (χ0) is 48.9. The van der Waals surface area contributed by atoms with Crippen molar-refractivity contribution in [3.05, 3.63) is 145 Å². The number of hydrogen-bond donors (Lipinski definition) is 2. The van der Waals surface area contributed by atoms with Gasteiger partial charge in [0.25, 0.3) is 5.91 Å². The van der Waals surface area contributed by atoms with Crippen LogP contribution in [0.3, 0.4) is 0 Å². The van der Waals surface area contributed by atoms with Crippen LogP contribution in [0.25, 0.3) is 33.6 Å². The molecule has 2 aliphatic carbocycles. The molecule has 2 saturated carbocycles. The van der Waals surface area contributed by atoms with Crippen LogP contribution in [0.2, 0.25) is 0 Å². The number of carbonyl (C=O) groups excluding carboxylic acids is 1. The molecule has 3 aliphatic heterocycles. The minimum atomic E-state index is -0.813. The highest BCUT2D eigenvalue weighted by Gasteiger charge is 2.60. The van der Waals surface area contributed by atoms with Gasteiger partial charge in [0.2, 0.25) is 0 Å². The van der Waals surface area contributed by atoms with Gasteiger partial charge >= 0.3 is 11.4 Å². The fourth-order valence-corrected chi connectivity index (χ4v) is 12.7. The second kappa shape index (κ2) is 15.5. The van der Waals surface area contributed by atoms with E-state index in [2.05, 4.69) is 64.1 Å². The van der Waals surface area contributed by atoms with E-state index in [0.717, 1.165) is 48.0 Å². The third-order valence-electron chi connectivity index (χ3n) is 16.7. The quantitative estimate of drug-likeness (QED) is 0.156. The van der Waals surface area contributed by atoms with Crippen LogP contribution in [0, 0.1) is 17.6 Å². The van der Waals surface area contributed by atoms with Crippen molar-refractivity contribution < 1.29 is 22.8 Å². The Labute approximate surface area is 406 Å². The van der Waals surface area contributed by atoms with Gasteiger partial charge in [0.05, 0.1) is 62.3 Å². The molecule has 2 saturated heterocycles. The molecule has 4 fully saturated rings. The maximum Gasteiger partial charge on any atom is 0.438 e. The van der Waals surface area contributed by atoms with E-state index in [4.69, 9.17) is 14.4 Å². The van der Waals surface area contributed by atoms with Crippen molar-refractivity contribution in [2.24, 2.45) is 13.0 Å². The molecular weight excluding hydrogens is 909 g/mol. The first-order chi connectivity index (χ1) is 34.2. The lowest BCUT2D eigenvalue weighted by Crippen LogP contribution is -2.54. The Hall–Kier alpha value is -6.92. The molecule has 9 heterocycles. The number of nitrogens with zero attached hydrogens (tertiary/aromatic N) is 9. The van der Waals surface area contributed by atoms with Crippen molar-refractivity contribution in [3.63, 3.8) is 0 Å². The van der Waals surface area contributed by atoms with Gasteiger partial charge in [-0.3, -0.25) is 28.1 Å². The average Bonchev–Trinajstić information content (AvgIpc) is 3.91. The summed E-state index contributed by atoms with van der Waals surface area (Å²) in [6, 6.07) is 11.9. The summed E-state index contributed by atoms with van der Waals surface area (Å²) in [6.07, 6.45) is 14.1. The van der Waals surface area contributed by atoms with Gasteiger partial charge in [-0.25, -0.2) is 23.1 Å². The second-order valence-electron chi connectivity index (χ2n) is 21.5. The first kappa shape index (κ1) is 44.1. The number of pyridine rings is 1. The Morgan fingerprint density at radius 2 is 1.69 bits per heavy atom. The molecule has 4 atom stereocenters. The van der Waals surface area contributed by atoms with Crippen molar-refractivity contribution in [3.8, 4) is 17.2 Å². The predicted molar refractivity (Wildman–Crippen MR) is 259 cm³/mol. The molecule has 8 aromatic rings. The van der Waals surface area contributed by atoms with Gasteiger partial charge in [0.1, 0.15) is 11.6 Å². The number of amides is 1. The number of aromatic nitrogens is 9. The number of aryl methyl sites for hydroxylation is 1. The smallest absolute Gasteiger partial charge is 0.376 e. The summed E-state index contributed by atoms with van der Waals surface area (Å²) in [5.74, 6) is -0.646. The van der Waals surface area contributed by atoms with Crippen LogP contribution in [-0.4, -0.2) is 85.9 Å². The number of aromatic amines is 1. The molecule has 2 N–H and O–H groups in total. The van der Waals surface area contributed by atoms with Gasteiger partial charge < -0.3 is 19.4 Å². The van der Waals surface area contributed by atoms with E-state index in [1.165, 1.54) is 21.4 Å². The van der Waals surface area contributed by atoms with Gasteiger partial charge in [-0.15, -0.1) is 0 Å². The molecule has 0 radical (unpaired) electrons. The Bertz CT molecular complexity index is 3620. The summed E-state index contributed by atoms with van der Waals surface area (Å²) in [5.41, 5.74) is 4.18. The standard InChI is InChI=1S/C53H55F2N11O5/c1-29-23-53(29,48-58-49(68)71-60-48)43-37(27-62-26-33(8-11-40(43)62)32-14-21-70-51(3,4)24-32)47(67)65-28-52(15-17-56-18-16-52)45-42(30(65)2)46(66(59-45)34-9-10-38(54)35(22-34)31-6-7-31)64-20-19-63(50(64)69)41-13-12-39-36(44(41)55)25-57-61(39)5/h8-13,19-20,22,25-27,29-32,56H,6-7,14-18,21,23-24,28H2,1-5H3,(H,58,60,68)/t29-,30-,32-,53+/m0/s1. The minimum absolute atomic E-state index is 0.0128. The average molecular weight is 964 g/mol. The summed E-state index contributed by atoms with van der Waals surface area (Å²) in [4.78, 5) is 48.7. The lowest BCUT2D eigenvalue weighted by Gasteiger charge is -2.47. The van der Waals surface area contributed by atoms with E-state index < -0.39 is 34.1 Å². The molecule has 1 amide bonds. The van der Waals surface area contributed by atoms with Crippen molar-refractivity contribution in [2.75, 3.05) is 26.2 Å². The Balaban J connectivity index is 1.01. The normalized spacial score (nSPS) is 23.8. The number of imidazole rings is 1. The molecule has 2 aromatic carbocycles. The van der Waals surface area contributed by atoms with E-state index >= 15 is 18.4 Å². The summed E-state index contributed by atoms with van der Waals surface area (Å²) >= 11 is 0. The molecule has 0 unspecified atom stereocenters. The number of rotatable bonds is 8. The third kappa shape index (κ3) is 6.65. The fraction of sp³-hybridized carbons (Fsp3) is 0.434. The number of piperidine rings is 1. The number of carbonyl (C=O) groups is 1. The largest absolute Gasteiger partial charge is 0.438 e. The van der Waals surface area contributed by atoms with Crippen molar-refractivity contribution in [1.29, 1.82) is 0 Å². The van der Waals surface area contributed by atoms with Gasteiger partial charge in [-0.05, 0) is 144 Å². The number of ether oxygens (including phenoxy) is 1. The van der Waals surface area contributed by atoms with Crippen LogP contribution >= 0.6 is 0 Å². The number of benzene rings is 2. The van der Waals surface area contributed by atoms with E-state index in [1.807, 2.05) is 24.1 Å². The van der Waals surface area contributed by atoms with Crippen molar-refractivity contribution >= 4 is 22.3 Å². The molecule has 5 aliphatic rings. The van der Waals surface area contributed by atoms with Crippen molar-refractivity contribution in [1.82, 2.24) is 53.5 Å². The Morgan fingerprint density at radius 3 is 2.42 bits per heavy atom. The zero-order valence-electron chi connectivity index (χ0n) is 40.3. The number of nitrogens with one attached hydrogen (secondary N) is 2. The van der Waals surface area contributed by atoms with Crippen LogP contribution in [0.1, 0.15) is 135 Å². The summed E-state index contributed by atoms with van der Waals surface area (Å²) < 4.78 is 51.3. The summed E-state index contributed by atoms with van der Waals surface area (Å²) in [6.45, 7) is 10.6. The van der Waals surface area contributed by atoms with Crippen molar-refractivity contribution in [2.45, 2.75) is 107 Å². The molecular formula is C53H55F2N11O5. The van der Waals surface area contributed by atoms with Crippen LogP contribution in [0.15, 0.2) is 87.6 Å². The Morgan fingerprint density at radius 1 is 0.915 bits per heavy atom. The summed E-state index contributed by atoms with van der Waals surface area (Å²) in [7, 11) is 1.73. The maximum absolute atomic E-state index is 16.4. The highest BCUT2D eigenvalue weighted by Crippen LogP contribution is 2.60. The molecule has 18 heteroatoms. The SMILES string of the molecule is C[C@H]1c2c(nn(-c3ccc(F)c(C4CC4)c3)c2-n2ccn(-c3ccc4c(cnn4C)c3F)c2=O)C2(CCNCC2)CN1C(=O)c1cn2cc([C@H]3CCOC(C)(C)C3)ccc2c1[C@@]1(c2noc(=O)[nH]2)C[C@@H]1C. The number of fused-ring (bicyclic) bond motifs is 4. The van der Waals surface area contributed by atoms with E-state index in [0.29, 0.717) is 85.0 Å². The monoisotopic (exact) mass is 963 g/mol. The topological polar surface area (TPSA) is 167 Å². The van der Waals surface area contributed by atoms with E-state index in [1.54, 1.807) is 47.0 Å². The van der Waals surface area contributed by atoms with Gasteiger partial charge in [-0.2, -0.15) is 10.2 Å². The van der Waals surface area contributed by atoms with Crippen LogP contribution in [0.4, 0.5) is 8.78 Å². The van der Waals surface area contributed by atoms with Gasteiger partial charge in [-0.1, -0.05) is 18.1 Å². The molecule has 71 heavy (non-hydrogen) atoms. The van der Waals surface area contributed by atoms with Crippen LogP contribution < -0.4 is 16.8 Å². The zero-order valence-corrected chi connectivity index (χ0v) is 40.3. The number of H-pyrrole nitrogens is 1. The highest BCUT2D eigenvalue weighted by molar-refractivity contribution is 6.00. The fourth-order valence-electron chi connectivity index (χ4n) is 12.7. The number of hydrogen-bond acceptors (Lipinski definition) is 9. The lowest BCUT2D eigenvalue weighted by atomic mass is 9.70.